The van der Waals surface area contributed by atoms with Gasteiger partial charge in [0.25, 0.3) is 0 Å². The fraction of sp³-hybridized carbons (Fsp3) is 0.417. The van der Waals surface area contributed by atoms with Crippen molar-refractivity contribution >= 4 is 33.5 Å². The van der Waals surface area contributed by atoms with Gasteiger partial charge in [-0.2, -0.15) is 0 Å². The molecule has 0 saturated heterocycles. The summed E-state index contributed by atoms with van der Waals surface area (Å²) in [7, 11) is -1.52. The van der Waals surface area contributed by atoms with E-state index < -0.39 is 16.2 Å². The van der Waals surface area contributed by atoms with E-state index in [0.29, 0.717) is 5.69 Å². The molecule has 0 aromatic heterocycles. The van der Waals surface area contributed by atoms with Gasteiger partial charge in [-0.05, 0) is 18.2 Å². The Labute approximate surface area is 157 Å². The summed E-state index contributed by atoms with van der Waals surface area (Å²) >= 11 is 4.85. The minimum atomic E-state index is -4.55. The number of methoxy groups -OCH3 is 2. The molecule has 1 aromatic carbocycles. The third-order valence-electron chi connectivity index (χ3n) is 2.42. The molecule has 0 aliphatic rings. The predicted octanol–water partition coefficient (Wildman–Crippen LogP) is -2.05. The van der Waals surface area contributed by atoms with Crippen molar-refractivity contribution in [1.82, 2.24) is 0 Å². The molecule has 1 rings (SSSR count). The van der Waals surface area contributed by atoms with Crippen LogP contribution in [0.3, 0.4) is 0 Å². The summed E-state index contributed by atoms with van der Waals surface area (Å²) < 4.78 is 43.1. The standard InChI is InChI=1S/C12H17NO6S2.Na/c1-17-7-11(8-18-2)19-13(9-20)10-4-3-5-12(6-10)21(14,15)16;/h3-6,9,11H,7-8H2,1-2H3,(H,14,15,16);/q;+1/p-1. The maximum atomic E-state index is 11.0. The van der Waals surface area contributed by atoms with Crippen molar-refractivity contribution in [2.45, 2.75) is 11.0 Å². The van der Waals surface area contributed by atoms with Gasteiger partial charge in [-0.15, -0.1) is 0 Å². The Balaban J connectivity index is 0.00000441. The third-order valence-corrected chi connectivity index (χ3v) is 3.45. The summed E-state index contributed by atoms with van der Waals surface area (Å²) in [6.07, 6.45) is -0.438. The van der Waals surface area contributed by atoms with Crippen LogP contribution < -0.4 is 34.6 Å². The molecule has 0 bridgehead atoms. The van der Waals surface area contributed by atoms with E-state index >= 15 is 0 Å². The average molecular weight is 357 g/mol. The molecule has 22 heavy (non-hydrogen) atoms. The summed E-state index contributed by atoms with van der Waals surface area (Å²) in [5, 5.41) is 1.19. The number of thiocarbonyl (C=S) groups is 1. The first-order valence-electron chi connectivity index (χ1n) is 5.87. The van der Waals surface area contributed by atoms with Crippen LogP contribution in [0.15, 0.2) is 29.2 Å². The number of benzene rings is 1. The molecule has 0 saturated carbocycles. The molecule has 0 aliphatic carbocycles. The molecule has 0 spiro atoms. The Morgan fingerprint density at radius 2 is 1.91 bits per heavy atom. The van der Waals surface area contributed by atoms with E-state index in [-0.39, 0.29) is 47.7 Å². The van der Waals surface area contributed by atoms with Crippen LogP contribution in [-0.2, 0) is 24.4 Å². The van der Waals surface area contributed by atoms with Crippen LogP contribution in [-0.4, -0.2) is 52.0 Å². The minimum absolute atomic E-state index is 0. The van der Waals surface area contributed by atoms with Gasteiger partial charge in [-0.3, -0.25) is 4.84 Å². The van der Waals surface area contributed by atoms with Crippen LogP contribution in [0.2, 0.25) is 0 Å². The maximum absolute atomic E-state index is 11.0. The zero-order valence-electron chi connectivity index (χ0n) is 12.6. The van der Waals surface area contributed by atoms with Crippen LogP contribution in [0.1, 0.15) is 0 Å². The molecular weight excluding hydrogens is 341 g/mol. The van der Waals surface area contributed by atoms with Crippen LogP contribution in [0.5, 0.6) is 0 Å². The molecule has 0 radical (unpaired) electrons. The fourth-order valence-corrected chi connectivity index (χ4v) is 2.25. The van der Waals surface area contributed by atoms with Gasteiger partial charge < -0.3 is 14.0 Å². The van der Waals surface area contributed by atoms with Crippen LogP contribution >= 0.6 is 12.2 Å². The number of hydrogen-bond donors (Lipinski definition) is 0. The quantitative estimate of drug-likeness (QED) is 0.216. The van der Waals surface area contributed by atoms with Gasteiger partial charge in [0.1, 0.15) is 16.2 Å². The number of rotatable bonds is 9. The topological polar surface area (TPSA) is 88.1 Å². The number of hydrogen-bond acceptors (Lipinski definition) is 7. The smallest absolute Gasteiger partial charge is 0.744 e. The van der Waals surface area contributed by atoms with E-state index in [0.717, 1.165) is 0 Å². The van der Waals surface area contributed by atoms with Gasteiger partial charge in [0.05, 0.1) is 29.3 Å². The van der Waals surface area contributed by atoms with Crippen molar-refractivity contribution in [1.29, 1.82) is 0 Å². The van der Waals surface area contributed by atoms with Crippen LogP contribution in [0.4, 0.5) is 5.69 Å². The summed E-state index contributed by atoms with van der Waals surface area (Å²) in [6.45, 7) is 0.514. The van der Waals surface area contributed by atoms with E-state index in [1.165, 1.54) is 43.0 Å². The summed E-state index contributed by atoms with van der Waals surface area (Å²) in [6, 6.07) is 5.38. The van der Waals surface area contributed by atoms with Crippen LogP contribution in [0, 0.1) is 0 Å². The van der Waals surface area contributed by atoms with Crippen molar-refractivity contribution in [3.63, 3.8) is 0 Å². The number of ether oxygens (including phenoxy) is 2. The molecule has 0 atom stereocenters. The van der Waals surface area contributed by atoms with Crippen LogP contribution in [0.25, 0.3) is 0 Å². The summed E-state index contributed by atoms with van der Waals surface area (Å²) in [5.74, 6) is 0. The van der Waals surface area contributed by atoms with Gasteiger partial charge in [-0.25, -0.2) is 13.5 Å². The predicted molar refractivity (Wildman–Crippen MR) is 79.2 cm³/mol. The second kappa shape index (κ2) is 10.6. The van der Waals surface area contributed by atoms with Crippen molar-refractivity contribution < 1.29 is 56.8 Å². The Bertz CT molecular complexity index is 562. The van der Waals surface area contributed by atoms with E-state index in [1.54, 1.807) is 6.07 Å². The van der Waals surface area contributed by atoms with Gasteiger partial charge in [0, 0.05) is 14.2 Å². The first kappa shape index (κ1) is 21.9. The third kappa shape index (κ3) is 6.99. The van der Waals surface area contributed by atoms with Crippen molar-refractivity contribution in [2.75, 3.05) is 32.5 Å². The first-order chi connectivity index (χ1) is 9.92. The molecular formula is C12H16NNaO6S2. The molecule has 0 heterocycles. The molecule has 1 aromatic rings. The second-order valence-electron chi connectivity index (χ2n) is 4.02. The van der Waals surface area contributed by atoms with E-state index in [9.17, 15) is 13.0 Å². The molecule has 0 fully saturated rings. The maximum Gasteiger partial charge on any atom is 1.00 e. The zero-order chi connectivity index (χ0) is 15.9. The Kier molecular flexibility index (Phi) is 10.6. The largest absolute Gasteiger partial charge is 1.00 e. The zero-order valence-corrected chi connectivity index (χ0v) is 16.2. The van der Waals surface area contributed by atoms with Gasteiger partial charge in [0.2, 0.25) is 0 Å². The number of hydroxylamine groups is 1. The summed E-state index contributed by atoms with van der Waals surface area (Å²) in [4.78, 5) is 5.20. The Morgan fingerprint density at radius 1 is 1.32 bits per heavy atom. The Morgan fingerprint density at radius 3 is 2.36 bits per heavy atom. The van der Waals surface area contributed by atoms with Gasteiger partial charge >= 0.3 is 29.6 Å². The van der Waals surface area contributed by atoms with Crippen molar-refractivity contribution in [3.05, 3.63) is 24.3 Å². The molecule has 7 nitrogen and oxygen atoms in total. The summed E-state index contributed by atoms with van der Waals surface area (Å²) in [5.41, 5.74) is 1.51. The molecule has 0 N–H and O–H groups in total. The average Bonchev–Trinajstić information content (AvgIpc) is 2.44. The Hall–Kier alpha value is -0.100. The van der Waals surface area contributed by atoms with Gasteiger partial charge in [-0.1, -0.05) is 18.3 Å². The first-order valence-corrected chi connectivity index (χ1v) is 7.75. The van der Waals surface area contributed by atoms with Crippen molar-refractivity contribution in [2.24, 2.45) is 0 Å². The van der Waals surface area contributed by atoms with E-state index in [4.69, 9.17) is 26.5 Å². The number of anilines is 1. The van der Waals surface area contributed by atoms with Crippen molar-refractivity contribution in [3.8, 4) is 0 Å². The molecule has 0 unspecified atom stereocenters. The minimum Gasteiger partial charge on any atom is -0.744 e. The molecule has 0 aliphatic heterocycles. The monoisotopic (exact) mass is 357 g/mol. The van der Waals surface area contributed by atoms with Gasteiger partial charge in [0.15, 0.2) is 0 Å². The number of nitrogens with zero attached hydrogens (tertiary/aromatic N) is 1. The SMILES string of the molecule is COCC(COC)ON(C=S)c1cccc(S(=O)(=O)[O-])c1.[Na+]. The van der Waals surface area contributed by atoms with E-state index in [1.807, 2.05) is 0 Å². The second-order valence-corrected chi connectivity index (χ2v) is 5.61. The van der Waals surface area contributed by atoms with E-state index in [2.05, 4.69) is 0 Å². The molecule has 118 valence electrons. The molecule has 0 amide bonds. The normalized spacial score (nSPS) is 11.1. The fourth-order valence-electron chi connectivity index (χ4n) is 1.56. The molecule has 10 heteroatoms.